The van der Waals surface area contributed by atoms with Crippen LogP contribution in [0.3, 0.4) is 0 Å². The summed E-state index contributed by atoms with van der Waals surface area (Å²) in [5.41, 5.74) is 0.814. The largest absolute Gasteiger partial charge is 0.298 e. The average molecular weight is 291 g/mol. The van der Waals surface area contributed by atoms with Crippen molar-refractivity contribution in [3.8, 4) is 0 Å². The lowest BCUT2D eigenvalue weighted by Crippen LogP contribution is -2.09. The quantitative estimate of drug-likeness (QED) is 0.759. The maximum atomic E-state index is 11.8. The summed E-state index contributed by atoms with van der Waals surface area (Å²) in [7, 11) is 0. The summed E-state index contributed by atoms with van der Waals surface area (Å²) in [5, 5.41) is 1.52. The third kappa shape index (κ3) is 4.90. The van der Waals surface area contributed by atoms with Gasteiger partial charge < -0.3 is 0 Å². The standard InChI is InChI=1S/C13H16Cl2OS/c1-3-9(2)17-8-11(16)7-10-5-4-6-12(14)13(10)15/h4-6,9H,3,7-8H2,1-2H3. The first-order valence-electron chi connectivity index (χ1n) is 5.60. The third-order valence-electron chi connectivity index (χ3n) is 2.52. The number of hydrogen-bond acceptors (Lipinski definition) is 2. The van der Waals surface area contributed by atoms with Gasteiger partial charge in [0.1, 0.15) is 5.78 Å². The number of halogens is 2. The molecule has 0 amide bonds. The lowest BCUT2D eigenvalue weighted by atomic mass is 10.1. The minimum atomic E-state index is 0.194. The van der Waals surface area contributed by atoms with Gasteiger partial charge in [0, 0.05) is 11.7 Å². The second-order valence-corrected chi connectivity index (χ2v) is 6.17. The molecule has 0 fully saturated rings. The molecule has 0 aliphatic carbocycles. The summed E-state index contributed by atoms with van der Waals surface area (Å²) in [6, 6.07) is 5.39. The number of rotatable bonds is 6. The van der Waals surface area contributed by atoms with Crippen LogP contribution in [-0.2, 0) is 11.2 Å². The van der Waals surface area contributed by atoms with E-state index in [1.165, 1.54) is 0 Å². The van der Waals surface area contributed by atoms with E-state index in [1.807, 2.05) is 12.1 Å². The van der Waals surface area contributed by atoms with Gasteiger partial charge >= 0.3 is 0 Å². The van der Waals surface area contributed by atoms with E-state index >= 15 is 0 Å². The number of thioether (sulfide) groups is 1. The van der Waals surface area contributed by atoms with Gasteiger partial charge in [-0.15, -0.1) is 0 Å². The lowest BCUT2D eigenvalue weighted by molar-refractivity contribution is -0.116. The van der Waals surface area contributed by atoms with Crippen LogP contribution in [0.5, 0.6) is 0 Å². The lowest BCUT2D eigenvalue weighted by Gasteiger charge is -2.08. The second kappa shape index (κ2) is 7.30. The molecule has 94 valence electrons. The van der Waals surface area contributed by atoms with Crippen molar-refractivity contribution < 1.29 is 4.79 Å². The van der Waals surface area contributed by atoms with Crippen LogP contribution in [0.25, 0.3) is 0 Å². The molecule has 0 aliphatic rings. The van der Waals surface area contributed by atoms with Crippen LogP contribution in [0.2, 0.25) is 10.0 Å². The topological polar surface area (TPSA) is 17.1 Å². The highest BCUT2D eigenvalue weighted by Crippen LogP contribution is 2.26. The third-order valence-corrected chi connectivity index (χ3v) is 4.77. The summed E-state index contributed by atoms with van der Waals surface area (Å²) >= 11 is 13.6. The highest BCUT2D eigenvalue weighted by Gasteiger charge is 2.10. The van der Waals surface area contributed by atoms with Crippen molar-refractivity contribution >= 4 is 40.7 Å². The number of carbonyl (C=O) groups is 1. The first-order valence-corrected chi connectivity index (χ1v) is 7.41. The summed E-state index contributed by atoms with van der Waals surface area (Å²) in [5.74, 6) is 0.733. The summed E-state index contributed by atoms with van der Waals surface area (Å²) in [4.78, 5) is 11.8. The number of hydrogen-bond donors (Lipinski definition) is 0. The van der Waals surface area contributed by atoms with E-state index in [0.717, 1.165) is 12.0 Å². The Labute approximate surface area is 117 Å². The molecule has 1 atom stereocenters. The molecule has 1 nitrogen and oxygen atoms in total. The van der Waals surface area contributed by atoms with Gasteiger partial charge in [-0.2, -0.15) is 11.8 Å². The molecule has 0 saturated carbocycles. The molecule has 0 radical (unpaired) electrons. The van der Waals surface area contributed by atoms with Crippen LogP contribution in [0, 0.1) is 0 Å². The molecule has 1 rings (SSSR count). The van der Waals surface area contributed by atoms with Crippen LogP contribution < -0.4 is 0 Å². The molecule has 1 aromatic rings. The van der Waals surface area contributed by atoms with Gasteiger partial charge in [-0.3, -0.25) is 4.79 Å². The summed E-state index contributed by atoms with van der Waals surface area (Å²) in [6.07, 6.45) is 1.44. The van der Waals surface area contributed by atoms with Gasteiger partial charge in [-0.1, -0.05) is 49.2 Å². The predicted molar refractivity (Wildman–Crippen MR) is 77.4 cm³/mol. The Hall–Kier alpha value is -0.180. The van der Waals surface area contributed by atoms with Gasteiger partial charge in [0.15, 0.2) is 0 Å². The zero-order valence-electron chi connectivity index (χ0n) is 10.0. The van der Waals surface area contributed by atoms with Crippen LogP contribution in [0.4, 0.5) is 0 Å². The minimum Gasteiger partial charge on any atom is -0.298 e. The van der Waals surface area contributed by atoms with Gasteiger partial charge in [0.2, 0.25) is 0 Å². The number of benzene rings is 1. The SMILES string of the molecule is CCC(C)SCC(=O)Cc1cccc(Cl)c1Cl. The zero-order chi connectivity index (χ0) is 12.8. The average Bonchev–Trinajstić information content (AvgIpc) is 2.32. The Balaban J connectivity index is 2.54. The van der Waals surface area contributed by atoms with Gasteiger partial charge in [-0.25, -0.2) is 0 Å². The van der Waals surface area contributed by atoms with E-state index < -0.39 is 0 Å². The van der Waals surface area contributed by atoms with Crippen LogP contribution in [0.15, 0.2) is 18.2 Å². The Kier molecular flexibility index (Phi) is 6.39. The smallest absolute Gasteiger partial charge is 0.147 e. The molecule has 1 unspecified atom stereocenters. The maximum absolute atomic E-state index is 11.8. The van der Waals surface area contributed by atoms with Gasteiger partial charge in [0.05, 0.1) is 15.8 Å². The number of carbonyl (C=O) groups excluding carboxylic acids is 1. The van der Waals surface area contributed by atoms with E-state index in [1.54, 1.807) is 17.8 Å². The zero-order valence-corrected chi connectivity index (χ0v) is 12.3. The first kappa shape index (κ1) is 14.9. The first-order chi connectivity index (χ1) is 8.04. The molecule has 4 heteroatoms. The Morgan fingerprint density at radius 2 is 2.12 bits per heavy atom. The van der Waals surface area contributed by atoms with Crippen molar-refractivity contribution in [1.29, 1.82) is 0 Å². The molecule has 0 heterocycles. The van der Waals surface area contributed by atoms with Gasteiger partial charge in [0.25, 0.3) is 0 Å². The Bertz CT molecular complexity index is 393. The van der Waals surface area contributed by atoms with E-state index in [0.29, 0.717) is 27.5 Å². The predicted octanol–water partition coefficient (Wildman–Crippen LogP) is 4.64. The number of ketones is 1. The molecular weight excluding hydrogens is 275 g/mol. The van der Waals surface area contributed by atoms with Crippen molar-refractivity contribution in [2.24, 2.45) is 0 Å². The fourth-order valence-corrected chi connectivity index (χ4v) is 2.50. The second-order valence-electron chi connectivity index (χ2n) is 3.96. The van der Waals surface area contributed by atoms with Crippen molar-refractivity contribution in [2.45, 2.75) is 31.9 Å². The van der Waals surface area contributed by atoms with Gasteiger partial charge in [-0.05, 0) is 18.1 Å². The maximum Gasteiger partial charge on any atom is 0.147 e. The fraction of sp³-hybridized carbons (Fsp3) is 0.462. The molecule has 0 bridgehead atoms. The monoisotopic (exact) mass is 290 g/mol. The molecule has 0 aromatic heterocycles. The van der Waals surface area contributed by atoms with Crippen LogP contribution >= 0.6 is 35.0 Å². The van der Waals surface area contributed by atoms with E-state index in [2.05, 4.69) is 13.8 Å². The number of Topliss-reactive ketones (excluding diaryl/α,β-unsaturated/α-hetero) is 1. The van der Waals surface area contributed by atoms with Crippen LogP contribution in [-0.4, -0.2) is 16.8 Å². The highest BCUT2D eigenvalue weighted by molar-refractivity contribution is 8.00. The van der Waals surface area contributed by atoms with Crippen molar-refractivity contribution in [3.63, 3.8) is 0 Å². The Morgan fingerprint density at radius 3 is 2.76 bits per heavy atom. The van der Waals surface area contributed by atoms with Crippen molar-refractivity contribution in [1.82, 2.24) is 0 Å². The molecule has 17 heavy (non-hydrogen) atoms. The molecule has 0 N–H and O–H groups in total. The van der Waals surface area contributed by atoms with E-state index in [9.17, 15) is 4.79 Å². The molecule has 0 aliphatic heterocycles. The molecule has 0 saturated heterocycles. The highest BCUT2D eigenvalue weighted by atomic mass is 35.5. The normalized spacial score (nSPS) is 12.5. The molecule has 1 aromatic carbocycles. The summed E-state index contributed by atoms with van der Waals surface area (Å²) in [6.45, 7) is 4.25. The van der Waals surface area contributed by atoms with Crippen molar-refractivity contribution in [3.05, 3.63) is 33.8 Å². The minimum absolute atomic E-state index is 0.194. The molecular formula is C13H16Cl2OS. The van der Waals surface area contributed by atoms with Crippen molar-refractivity contribution in [2.75, 3.05) is 5.75 Å². The summed E-state index contributed by atoms with van der Waals surface area (Å²) < 4.78 is 0. The fourth-order valence-electron chi connectivity index (χ4n) is 1.30. The van der Waals surface area contributed by atoms with Crippen LogP contribution in [0.1, 0.15) is 25.8 Å². The van der Waals surface area contributed by atoms with E-state index in [-0.39, 0.29) is 5.78 Å². The molecule has 0 spiro atoms. The Morgan fingerprint density at radius 1 is 1.41 bits per heavy atom. The van der Waals surface area contributed by atoms with E-state index in [4.69, 9.17) is 23.2 Å².